The second kappa shape index (κ2) is 6.01. The van der Waals surface area contributed by atoms with Gasteiger partial charge in [-0.05, 0) is 51.4 Å². The number of aromatic nitrogens is 1. The Bertz CT molecular complexity index is 328. The Kier molecular flexibility index (Phi) is 4.37. The van der Waals surface area contributed by atoms with Crippen molar-refractivity contribution < 1.29 is 0 Å². The monoisotopic (exact) mass is 233 g/mol. The molecule has 3 nitrogen and oxygen atoms in total. The number of nitrogens with one attached hydrogen (secondary N) is 1. The van der Waals surface area contributed by atoms with E-state index >= 15 is 0 Å². The third-order valence-corrected chi connectivity index (χ3v) is 3.50. The molecule has 94 valence electrons. The zero-order valence-corrected chi connectivity index (χ0v) is 10.9. The van der Waals surface area contributed by atoms with Crippen molar-refractivity contribution in [2.45, 2.75) is 39.2 Å². The zero-order chi connectivity index (χ0) is 12.1. The van der Waals surface area contributed by atoms with Crippen LogP contribution < -0.4 is 5.32 Å². The number of piperidine rings is 1. The van der Waals surface area contributed by atoms with Gasteiger partial charge in [0.2, 0.25) is 0 Å². The summed E-state index contributed by atoms with van der Waals surface area (Å²) in [5.74, 6) is 0.986. The predicted octanol–water partition coefficient (Wildman–Crippen LogP) is 2.68. The molecule has 1 aliphatic rings. The van der Waals surface area contributed by atoms with E-state index in [9.17, 15) is 0 Å². The van der Waals surface area contributed by atoms with E-state index < -0.39 is 0 Å². The Morgan fingerprint density at radius 3 is 2.71 bits per heavy atom. The largest absolute Gasteiger partial charge is 0.369 e. The minimum Gasteiger partial charge on any atom is -0.369 e. The molecule has 1 aromatic rings. The summed E-state index contributed by atoms with van der Waals surface area (Å²) in [5, 5.41) is 3.42. The summed E-state index contributed by atoms with van der Waals surface area (Å²) >= 11 is 0. The summed E-state index contributed by atoms with van der Waals surface area (Å²) < 4.78 is 0. The molecule has 1 saturated heterocycles. The van der Waals surface area contributed by atoms with E-state index in [0.29, 0.717) is 6.04 Å². The number of nitrogens with zero attached hydrogens (tertiary/aromatic N) is 2. The predicted molar refractivity (Wildman–Crippen MR) is 72.3 cm³/mol. The number of rotatable bonds is 4. The molecule has 1 unspecified atom stereocenters. The van der Waals surface area contributed by atoms with Crippen LogP contribution in [0.4, 0.5) is 5.82 Å². The molecule has 1 aliphatic heterocycles. The maximum atomic E-state index is 4.37. The van der Waals surface area contributed by atoms with Crippen LogP contribution in [0.15, 0.2) is 18.3 Å². The third-order valence-electron chi connectivity index (χ3n) is 3.50. The van der Waals surface area contributed by atoms with Gasteiger partial charge in [-0.2, -0.15) is 0 Å². The van der Waals surface area contributed by atoms with Gasteiger partial charge in [-0.25, -0.2) is 4.98 Å². The van der Waals surface area contributed by atoms with Crippen molar-refractivity contribution in [2.75, 3.05) is 25.0 Å². The van der Waals surface area contributed by atoms with E-state index in [1.165, 1.54) is 37.9 Å². The van der Waals surface area contributed by atoms with Gasteiger partial charge in [0.25, 0.3) is 0 Å². The standard InChI is InChI=1S/C14H23N3/c1-12-6-7-14(15-10-12)16-11-13(2)17-8-4-3-5-9-17/h6-7,10,13H,3-5,8-9,11H2,1-2H3,(H,15,16). The fourth-order valence-electron chi connectivity index (χ4n) is 2.31. The number of pyridine rings is 1. The van der Waals surface area contributed by atoms with Crippen molar-refractivity contribution in [3.05, 3.63) is 23.9 Å². The molecular weight excluding hydrogens is 210 g/mol. The molecule has 0 spiro atoms. The molecule has 3 heteroatoms. The second-order valence-corrected chi connectivity index (χ2v) is 5.05. The molecule has 17 heavy (non-hydrogen) atoms. The minimum atomic E-state index is 0.596. The first kappa shape index (κ1) is 12.4. The Morgan fingerprint density at radius 1 is 1.29 bits per heavy atom. The number of anilines is 1. The fourth-order valence-corrected chi connectivity index (χ4v) is 2.31. The van der Waals surface area contributed by atoms with Gasteiger partial charge in [-0.3, -0.25) is 4.90 Å². The van der Waals surface area contributed by atoms with E-state index in [1.807, 2.05) is 6.20 Å². The van der Waals surface area contributed by atoms with Crippen LogP contribution in [0.5, 0.6) is 0 Å². The summed E-state index contributed by atoms with van der Waals surface area (Å²) in [7, 11) is 0. The lowest BCUT2D eigenvalue weighted by molar-refractivity contribution is 0.180. The molecule has 2 heterocycles. The molecule has 0 aliphatic carbocycles. The van der Waals surface area contributed by atoms with Crippen molar-refractivity contribution in [1.82, 2.24) is 9.88 Å². The average molecular weight is 233 g/mol. The average Bonchev–Trinajstić information content (AvgIpc) is 2.39. The molecule has 0 aromatic carbocycles. The first-order valence-corrected chi connectivity index (χ1v) is 6.66. The zero-order valence-electron chi connectivity index (χ0n) is 10.9. The van der Waals surface area contributed by atoms with Gasteiger partial charge < -0.3 is 5.32 Å². The van der Waals surface area contributed by atoms with Gasteiger partial charge in [0.15, 0.2) is 0 Å². The lowest BCUT2D eigenvalue weighted by Crippen LogP contribution is -2.41. The molecular formula is C14H23N3. The van der Waals surface area contributed by atoms with Gasteiger partial charge >= 0.3 is 0 Å². The van der Waals surface area contributed by atoms with E-state index in [-0.39, 0.29) is 0 Å². The summed E-state index contributed by atoms with van der Waals surface area (Å²) in [4.78, 5) is 6.94. The minimum absolute atomic E-state index is 0.596. The molecule has 0 bridgehead atoms. The fraction of sp³-hybridized carbons (Fsp3) is 0.643. The first-order chi connectivity index (χ1) is 8.25. The number of likely N-dealkylation sites (tertiary alicyclic amines) is 1. The first-order valence-electron chi connectivity index (χ1n) is 6.66. The van der Waals surface area contributed by atoms with Crippen molar-refractivity contribution >= 4 is 5.82 Å². The normalized spacial score (nSPS) is 18.9. The topological polar surface area (TPSA) is 28.2 Å². The summed E-state index contributed by atoms with van der Waals surface area (Å²) in [6.45, 7) is 7.85. The molecule has 1 N–H and O–H groups in total. The van der Waals surface area contributed by atoms with Crippen molar-refractivity contribution in [3.8, 4) is 0 Å². The van der Waals surface area contributed by atoms with E-state index in [4.69, 9.17) is 0 Å². The molecule has 1 fully saturated rings. The van der Waals surface area contributed by atoms with Gasteiger partial charge in [0, 0.05) is 18.8 Å². The highest BCUT2D eigenvalue weighted by Crippen LogP contribution is 2.12. The number of hydrogen-bond acceptors (Lipinski definition) is 3. The Labute approximate surface area is 104 Å². The Balaban J connectivity index is 1.78. The summed E-state index contributed by atoms with van der Waals surface area (Å²) in [6.07, 6.45) is 6.02. The second-order valence-electron chi connectivity index (χ2n) is 5.05. The number of hydrogen-bond donors (Lipinski definition) is 1. The van der Waals surface area contributed by atoms with E-state index in [1.54, 1.807) is 0 Å². The van der Waals surface area contributed by atoms with Gasteiger partial charge in [-0.15, -0.1) is 0 Å². The maximum Gasteiger partial charge on any atom is 0.125 e. The van der Waals surface area contributed by atoms with Crippen LogP contribution in [-0.4, -0.2) is 35.6 Å². The molecule has 2 rings (SSSR count). The van der Waals surface area contributed by atoms with Crippen LogP contribution in [-0.2, 0) is 0 Å². The Hall–Kier alpha value is -1.09. The maximum absolute atomic E-state index is 4.37. The highest BCUT2D eigenvalue weighted by atomic mass is 15.2. The van der Waals surface area contributed by atoms with Crippen LogP contribution >= 0.6 is 0 Å². The lowest BCUT2D eigenvalue weighted by atomic mass is 10.1. The third kappa shape index (κ3) is 3.70. The smallest absolute Gasteiger partial charge is 0.125 e. The summed E-state index contributed by atoms with van der Waals surface area (Å²) in [6, 6.07) is 4.75. The van der Waals surface area contributed by atoms with Crippen LogP contribution in [0.1, 0.15) is 31.7 Å². The molecule has 1 atom stereocenters. The van der Waals surface area contributed by atoms with Crippen LogP contribution in [0.2, 0.25) is 0 Å². The summed E-state index contributed by atoms with van der Waals surface area (Å²) in [5.41, 5.74) is 1.21. The van der Waals surface area contributed by atoms with Gasteiger partial charge in [-0.1, -0.05) is 12.5 Å². The number of aryl methyl sites for hydroxylation is 1. The lowest BCUT2D eigenvalue weighted by Gasteiger charge is -2.32. The highest BCUT2D eigenvalue weighted by molar-refractivity contribution is 5.35. The van der Waals surface area contributed by atoms with Crippen LogP contribution in [0.25, 0.3) is 0 Å². The van der Waals surface area contributed by atoms with Crippen LogP contribution in [0, 0.1) is 6.92 Å². The molecule has 0 amide bonds. The Morgan fingerprint density at radius 2 is 2.06 bits per heavy atom. The molecule has 0 saturated carbocycles. The highest BCUT2D eigenvalue weighted by Gasteiger charge is 2.16. The molecule has 1 aromatic heterocycles. The van der Waals surface area contributed by atoms with Crippen molar-refractivity contribution in [3.63, 3.8) is 0 Å². The van der Waals surface area contributed by atoms with Crippen molar-refractivity contribution in [2.24, 2.45) is 0 Å². The molecule has 0 radical (unpaired) electrons. The van der Waals surface area contributed by atoms with E-state index in [2.05, 4.69) is 41.2 Å². The van der Waals surface area contributed by atoms with Crippen LogP contribution in [0.3, 0.4) is 0 Å². The van der Waals surface area contributed by atoms with Crippen molar-refractivity contribution in [1.29, 1.82) is 0 Å². The quantitative estimate of drug-likeness (QED) is 0.866. The van der Waals surface area contributed by atoms with Gasteiger partial charge in [0.05, 0.1) is 0 Å². The van der Waals surface area contributed by atoms with E-state index in [0.717, 1.165) is 12.4 Å². The van der Waals surface area contributed by atoms with Gasteiger partial charge in [0.1, 0.15) is 5.82 Å². The SMILES string of the molecule is Cc1ccc(NCC(C)N2CCCCC2)nc1.